The first kappa shape index (κ1) is 13.7. The van der Waals surface area contributed by atoms with Crippen LogP contribution in [0.5, 0.6) is 0 Å². The molecule has 3 heteroatoms. The molecule has 0 saturated heterocycles. The molecular weight excluding hydrogens is 214 g/mol. The fourth-order valence-corrected chi connectivity index (χ4v) is 1.80. The van der Waals surface area contributed by atoms with E-state index >= 15 is 0 Å². The second-order valence-electron chi connectivity index (χ2n) is 4.32. The number of aryl methyl sites for hydroxylation is 1. The van der Waals surface area contributed by atoms with Crippen LogP contribution in [-0.2, 0) is 11.2 Å². The van der Waals surface area contributed by atoms with E-state index in [0.29, 0.717) is 13.0 Å². The molecule has 1 rings (SSSR count). The highest BCUT2D eigenvalue weighted by Crippen LogP contribution is 2.07. The molecule has 1 aromatic carbocycles. The van der Waals surface area contributed by atoms with Crippen molar-refractivity contribution < 1.29 is 9.90 Å². The number of carboxylic acid groups (broad SMARTS) is 1. The Morgan fingerprint density at radius 1 is 1.41 bits per heavy atom. The summed E-state index contributed by atoms with van der Waals surface area (Å²) in [4.78, 5) is 10.8. The summed E-state index contributed by atoms with van der Waals surface area (Å²) in [5.74, 6) is -0.984. The smallest absolute Gasteiger partial charge is 0.307 e. The number of benzene rings is 1. The summed E-state index contributed by atoms with van der Waals surface area (Å²) in [6, 6.07) is 8.28. The van der Waals surface area contributed by atoms with Crippen LogP contribution in [0.2, 0.25) is 0 Å². The van der Waals surface area contributed by atoms with Gasteiger partial charge < -0.3 is 10.4 Å². The summed E-state index contributed by atoms with van der Waals surface area (Å²) < 4.78 is 0. The first-order valence-electron chi connectivity index (χ1n) is 6.13. The number of rotatable bonds is 7. The molecule has 0 aliphatic carbocycles. The molecule has 0 heterocycles. The lowest BCUT2D eigenvalue weighted by Crippen LogP contribution is -2.29. The van der Waals surface area contributed by atoms with Gasteiger partial charge in [0.15, 0.2) is 0 Å². The Labute approximate surface area is 103 Å². The van der Waals surface area contributed by atoms with Crippen LogP contribution in [0.1, 0.15) is 24.5 Å². The molecular formula is C14H21NO2. The van der Waals surface area contributed by atoms with Gasteiger partial charge in [0.25, 0.3) is 0 Å². The first-order valence-corrected chi connectivity index (χ1v) is 6.13. The van der Waals surface area contributed by atoms with Crippen molar-refractivity contribution in [1.82, 2.24) is 5.32 Å². The van der Waals surface area contributed by atoms with Gasteiger partial charge in [0, 0.05) is 6.54 Å². The summed E-state index contributed by atoms with van der Waals surface area (Å²) in [5, 5.41) is 12.1. The van der Waals surface area contributed by atoms with Crippen molar-refractivity contribution in [1.29, 1.82) is 0 Å². The molecule has 0 spiro atoms. The lowest BCUT2D eigenvalue weighted by molar-refractivity contribution is -0.141. The van der Waals surface area contributed by atoms with Gasteiger partial charge in [0.2, 0.25) is 0 Å². The molecule has 0 aromatic heterocycles. The van der Waals surface area contributed by atoms with Gasteiger partial charge in [-0.15, -0.1) is 0 Å². The summed E-state index contributed by atoms with van der Waals surface area (Å²) in [6.07, 6.45) is 1.62. The fraction of sp³-hybridized carbons (Fsp3) is 0.500. The summed E-state index contributed by atoms with van der Waals surface area (Å²) in [5.41, 5.74) is 2.61. The van der Waals surface area contributed by atoms with Crippen LogP contribution >= 0.6 is 0 Å². The number of carbonyl (C=O) groups is 1. The van der Waals surface area contributed by atoms with Crippen molar-refractivity contribution in [2.75, 3.05) is 13.1 Å². The van der Waals surface area contributed by atoms with Crippen LogP contribution in [-0.4, -0.2) is 24.2 Å². The molecule has 94 valence electrons. The van der Waals surface area contributed by atoms with E-state index in [2.05, 4.69) is 24.4 Å². The van der Waals surface area contributed by atoms with Gasteiger partial charge in [-0.1, -0.05) is 31.2 Å². The highest BCUT2D eigenvalue weighted by molar-refractivity contribution is 5.70. The lowest BCUT2D eigenvalue weighted by atomic mass is 10.1. The molecule has 0 amide bonds. The van der Waals surface area contributed by atoms with Gasteiger partial charge in [-0.2, -0.15) is 0 Å². The first-order chi connectivity index (χ1) is 8.15. The molecule has 0 saturated carbocycles. The maximum absolute atomic E-state index is 10.8. The molecule has 2 N–H and O–H groups in total. The Morgan fingerprint density at radius 2 is 2.12 bits per heavy atom. The third kappa shape index (κ3) is 4.57. The molecule has 1 unspecified atom stereocenters. The number of aliphatic carboxylic acids is 1. The normalized spacial score (nSPS) is 12.4. The van der Waals surface area contributed by atoms with Crippen molar-refractivity contribution in [3.63, 3.8) is 0 Å². The van der Waals surface area contributed by atoms with Gasteiger partial charge in [-0.25, -0.2) is 0 Å². The topological polar surface area (TPSA) is 49.3 Å². The predicted octanol–water partition coefficient (Wildman–Crippen LogP) is 2.24. The molecule has 1 atom stereocenters. The minimum absolute atomic E-state index is 0.271. The molecule has 0 radical (unpaired) electrons. The third-order valence-electron chi connectivity index (χ3n) is 3.07. The SMILES string of the molecule is CCC(CNCCc1ccccc1C)C(=O)O. The van der Waals surface area contributed by atoms with Crippen LogP contribution in [0, 0.1) is 12.8 Å². The Bertz CT molecular complexity index is 363. The standard InChI is InChI=1S/C14H21NO2/c1-3-12(14(16)17)10-15-9-8-13-7-5-4-6-11(13)2/h4-7,12,15H,3,8-10H2,1-2H3,(H,16,17). The second-order valence-corrected chi connectivity index (χ2v) is 4.32. The van der Waals surface area contributed by atoms with Crippen molar-refractivity contribution in [3.05, 3.63) is 35.4 Å². The minimum atomic E-state index is -0.712. The molecule has 0 aliphatic heterocycles. The second kappa shape index (κ2) is 7.07. The Morgan fingerprint density at radius 3 is 2.71 bits per heavy atom. The predicted molar refractivity (Wildman–Crippen MR) is 69.2 cm³/mol. The molecule has 17 heavy (non-hydrogen) atoms. The van der Waals surface area contributed by atoms with Crippen LogP contribution in [0.3, 0.4) is 0 Å². The van der Waals surface area contributed by atoms with E-state index in [1.165, 1.54) is 11.1 Å². The van der Waals surface area contributed by atoms with Gasteiger partial charge in [0.05, 0.1) is 5.92 Å². The van der Waals surface area contributed by atoms with Crippen molar-refractivity contribution in [2.45, 2.75) is 26.7 Å². The number of carboxylic acids is 1. The quantitative estimate of drug-likeness (QED) is 0.713. The monoisotopic (exact) mass is 235 g/mol. The zero-order valence-corrected chi connectivity index (χ0v) is 10.6. The Balaban J connectivity index is 2.29. The zero-order chi connectivity index (χ0) is 12.7. The number of nitrogens with one attached hydrogen (secondary N) is 1. The fourth-order valence-electron chi connectivity index (χ4n) is 1.80. The van der Waals surface area contributed by atoms with Gasteiger partial charge in [0.1, 0.15) is 0 Å². The van der Waals surface area contributed by atoms with E-state index in [1.54, 1.807) is 0 Å². The Hall–Kier alpha value is -1.35. The van der Waals surface area contributed by atoms with E-state index in [1.807, 2.05) is 19.1 Å². The van der Waals surface area contributed by atoms with E-state index in [4.69, 9.17) is 5.11 Å². The molecule has 1 aromatic rings. The Kier molecular flexibility index (Phi) is 5.70. The van der Waals surface area contributed by atoms with Crippen molar-refractivity contribution in [2.24, 2.45) is 5.92 Å². The average molecular weight is 235 g/mol. The van der Waals surface area contributed by atoms with Gasteiger partial charge in [-0.3, -0.25) is 4.79 Å². The van der Waals surface area contributed by atoms with E-state index in [9.17, 15) is 4.79 Å². The largest absolute Gasteiger partial charge is 0.481 e. The third-order valence-corrected chi connectivity index (χ3v) is 3.07. The zero-order valence-electron chi connectivity index (χ0n) is 10.6. The van der Waals surface area contributed by atoms with E-state index < -0.39 is 5.97 Å². The van der Waals surface area contributed by atoms with Crippen LogP contribution in [0.25, 0.3) is 0 Å². The van der Waals surface area contributed by atoms with Gasteiger partial charge >= 0.3 is 5.97 Å². The highest BCUT2D eigenvalue weighted by atomic mass is 16.4. The van der Waals surface area contributed by atoms with Gasteiger partial charge in [-0.05, 0) is 37.4 Å². The van der Waals surface area contributed by atoms with Crippen LogP contribution < -0.4 is 5.32 Å². The average Bonchev–Trinajstić information content (AvgIpc) is 2.31. The van der Waals surface area contributed by atoms with Crippen LogP contribution in [0.4, 0.5) is 0 Å². The molecule has 0 fully saturated rings. The number of hydrogen-bond acceptors (Lipinski definition) is 2. The van der Waals surface area contributed by atoms with E-state index in [-0.39, 0.29) is 5.92 Å². The highest BCUT2D eigenvalue weighted by Gasteiger charge is 2.13. The minimum Gasteiger partial charge on any atom is -0.481 e. The summed E-state index contributed by atoms with van der Waals surface area (Å²) in [6.45, 7) is 5.38. The van der Waals surface area contributed by atoms with Crippen LogP contribution in [0.15, 0.2) is 24.3 Å². The molecule has 0 aliphatic rings. The van der Waals surface area contributed by atoms with E-state index in [0.717, 1.165) is 13.0 Å². The maximum Gasteiger partial charge on any atom is 0.307 e. The van der Waals surface area contributed by atoms with Crippen molar-refractivity contribution >= 4 is 5.97 Å². The summed E-state index contributed by atoms with van der Waals surface area (Å²) in [7, 11) is 0. The molecule has 0 bridgehead atoms. The number of hydrogen-bond donors (Lipinski definition) is 2. The van der Waals surface area contributed by atoms with Crippen molar-refractivity contribution in [3.8, 4) is 0 Å². The maximum atomic E-state index is 10.8. The summed E-state index contributed by atoms with van der Waals surface area (Å²) >= 11 is 0. The lowest BCUT2D eigenvalue weighted by Gasteiger charge is -2.11. The molecule has 3 nitrogen and oxygen atoms in total.